The number of benzene rings is 1. The quantitative estimate of drug-likeness (QED) is 0.887. The zero-order valence-corrected chi connectivity index (χ0v) is 11.6. The highest BCUT2D eigenvalue weighted by atomic mass is 16.5. The third-order valence-electron chi connectivity index (χ3n) is 4.41. The van der Waals surface area contributed by atoms with Crippen molar-refractivity contribution in [1.82, 2.24) is 0 Å². The van der Waals surface area contributed by atoms with Crippen molar-refractivity contribution >= 4 is 5.97 Å². The van der Waals surface area contributed by atoms with Gasteiger partial charge >= 0.3 is 5.97 Å². The number of aliphatic carboxylic acids is 1. The SMILES string of the molecule is Cc1ccc(C2CCC(O)C2)c(OC2(C(=O)O)CC2)c1. The van der Waals surface area contributed by atoms with Gasteiger partial charge in [0.25, 0.3) is 0 Å². The number of aliphatic hydroxyl groups is 1. The standard InChI is InChI=1S/C16H20O4/c1-10-2-5-13(11-3-4-12(17)9-11)14(8-10)20-16(6-7-16)15(18)19/h2,5,8,11-12,17H,3-4,6-7,9H2,1H3,(H,18,19). The first-order valence-electron chi connectivity index (χ1n) is 7.21. The van der Waals surface area contributed by atoms with Gasteiger partial charge in [0.2, 0.25) is 5.60 Å². The van der Waals surface area contributed by atoms with E-state index in [2.05, 4.69) is 0 Å². The molecule has 0 radical (unpaired) electrons. The van der Waals surface area contributed by atoms with Crippen LogP contribution >= 0.6 is 0 Å². The summed E-state index contributed by atoms with van der Waals surface area (Å²) >= 11 is 0. The molecule has 2 unspecified atom stereocenters. The number of carbonyl (C=O) groups is 1. The number of hydrogen-bond donors (Lipinski definition) is 2. The second-order valence-electron chi connectivity index (χ2n) is 6.11. The molecule has 2 fully saturated rings. The Morgan fingerprint density at radius 3 is 2.65 bits per heavy atom. The zero-order valence-electron chi connectivity index (χ0n) is 11.6. The lowest BCUT2D eigenvalue weighted by Gasteiger charge is -2.20. The van der Waals surface area contributed by atoms with Gasteiger partial charge in [-0.1, -0.05) is 12.1 Å². The van der Waals surface area contributed by atoms with Crippen LogP contribution in [0.3, 0.4) is 0 Å². The molecule has 1 aromatic rings. The van der Waals surface area contributed by atoms with Gasteiger partial charge in [-0.3, -0.25) is 0 Å². The number of carboxylic acid groups (broad SMARTS) is 1. The molecule has 4 heteroatoms. The molecule has 0 aromatic heterocycles. The van der Waals surface area contributed by atoms with Crippen LogP contribution in [0, 0.1) is 6.92 Å². The van der Waals surface area contributed by atoms with Gasteiger partial charge in [-0.2, -0.15) is 0 Å². The molecule has 1 aromatic carbocycles. The van der Waals surface area contributed by atoms with Crippen LogP contribution < -0.4 is 4.74 Å². The Balaban J connectivity index is 1.89. The summed E-state index contributed by atoms with van der Waals surface area (Å²) in [5.74, 6) is 0.0746. The summed E-state index contributed by atoms with van der Waals surface area (Å²) in [6.07, 6.45) is 3.37. The van der Waals surface area contributed by atoms with E-state index in [0.29, 0.717) is 18.6 Å². The first-order valence-corrected chi connectivity index (χ1v) is 7.21. The van der Waals surface area contributed by atoms with Gasteiger partial charge in [0.1, 0.15) is 5.75 Å². The average Bonchev–Trinajstić information content (AvgIpc) is 3.05. The van der Waals surface area contributed by atoms with Gasteiger partial charge in [-0.25, -0.2) is 4.79 Å². The fraction of sp³-hybridized carbons (Fsp3) is 0.562. The van der Waals surface area contributed by atoms with E-state index in [1.54, 1.807) is 0 Å². The van der Waals surface area contributed by atoms with Crippen LogP contribution in [0.4, 0.5) is 0 Å². The van der Waals surface area contributed by atoms with E-state index < -0.39 is 11.6 Å². The fourth-order valence-corrected chi connectivity index (χ4v) is 2.99. The van der Waals surface area contributed by atoms with Gasteiger partial charge < -0.3 is 14.9 Å². The molecule has 2 saturated carbocycles. The van der Waals surface area contributed by atoms with Crippen LogP contribution in [0.5, 0.6) is 5.75 Å². The third-order valence-corrected chi connectivity index (χ3v) is 4.41. The summed E-state index contributed by atoms with van der Waals surface area (Å²) in [7, 11) is 0. The van der Waals surface area contributed by atoms with Gasteiger partial charge in [-0.05, 0) is 49.3 Å². The van der Waals surface area contributed by atoms with Gasteiger partial charge in [-0.15, -0.1) is 0 Å². The van der Waals surface area contributed by atoms with Crippen LogP contribution in [-0.4, -0.2) is 27.9 Å². The van der Waals surface area contributed by atoms with Crippen LogP contribution in [0.2, 0.25) is 0 Å². The molecule has 2 N–H and O–H groups in total. The van der Waals surface area contributed by atoms with E-state index in [4.69, 9.17) is 4.74 Å². The van der Waals surface area contributed by atoms with Crippen molar-refractivity contribution in [2.75, 3.05) is 0 Å². The maximum atomic E-state index is 11.3. The molecule has 0 heterocycles. The minimum atomic E-state index is -1.01. The summed E-state index contributed by atoms with van der Waals surface area (Å²) in [5.41, 5.74) is 1.09. The van der Waals surface area contributed by atoms with Crippen molar-refractivity contribution in [1.29, 1.82) is 0 Å². The van der Waals surface area contributed by atoms with Gasteiger partial charge in [0.15, 0.2) is 0 Å². The van der Waals surface area contributed by atoms with E-state index in [-0.39, 0.29) is 12.0 Å². The Kier molecular flexibility index (Phi) is 3.21. The van der Waals surface area contributed by atoms with Crippen molar-refractivity contribution in [2.24, 2.45) is 0 Å². The minimum Gasteiger partial charge on any atom is -0.478 e. The Bertz CT molecular complexity index is 533. The molecule has 0 aliphatic heterocycles. The first kappa shape index (κ1) is 13.4. The molecule has 3 rings (SSSR count). The molecular weight excluding hydrogens is 256 g/mol. The van der Waals surface area contributed by atoms with Gasteiger partial charge in [0, 0.05) is 12.8 Å². The monoisotopic (exact) mass is 276 g/mol. The number of ether oxygens (including phenoxy) is 1. The van der Waals surface area contributed by atoms with Crippen molar-refractivity contribution in [3.63, 3.8) is 0 Å². The second kappa shape index (κ2) is 4.77. The van der Waals surface area contributed by atoms with Gasteiger partial charge in [0.05, 0.1) is 6.10 Å². The number of rotatable bonds is 4. The summed E-state index contributed by atoms with van der Waals surface area (Å²) in [6, 6.07) is 5.96. The van der Waals surface area contributed by atoms with E-state index in [1.807, 2.05) is 25.1 Å². The number of carboxylic acids is 1. The maximum Gasteiger partial charge on any atom is 0.348 e. The van der Waals surface area contributed by atoms with E-state index in [9.17, 15) is 15.0 Å². The predicted octanol–water partition coefficient (Wildman–Crippen LogP) is 2.62. The first-order chi connectivity index (χ1) is 9.50. The lowest BCUT2D eigenvalue weighted by atomic mass is 9.95. The summed E-state index contributed by atoms with van der Waals surface area (Å²) in [5, 5.41) is 19.0. The molecule has 0 bridgehead atoms. The Morgan fingerprint density at radius 1 is 1.35 bits per heavy atom. The van der Waals surface area contributed by atoms with E-state index in [1.165, 1.54) is 0 Å². The molecular formula is C16H20O4. The van der Waals surface area contributed by atoms with Crippen LogP contribution in [0.1, 0.15) is 49.1 Å². The van der Waals surface area contributed by atoms with Crippen molar-refractivity contribution < 1.29 is 19.7 Å². The second-order valence-corrected chi connectivity index (χ2v) is 6.11. The molecule has 2 atom stereocenters. The van der Waals surface area contributed by atoms with Crippen molar-refractivity contribution in [3.05, 3.63) is 29.3 Å². The Hall–Kier alpha value is -1.55. The molecule has 108 valence electrons. The van der Waals surface area contributed by atoms with Crippen LogP contribution in [0.25, 0.3) is 0 Å². The van der Waals surface area contributed by atoms with Crippen molar-refractivity contribution in [2.45, 2.75) is 56.7 Å². The Labute approximate surface area is 118 Å². The third kappa shape index (κ3) is 2.40. The van der Waals surface area contributed by atoms with E-state index in [0.717, 1.165) is 30.4 Å². The number of aliphatic hydroxyl groups excluding tert-OH is 1. The molecule has 0 spiro atoms. The lowest BCUT2D eigenvalue weighted by Crippen LogP contribution is -2.29. The highest BCUT2D eigenvalue weighted by molar-refractivity contribution is 5.81. The molecule has 0 amide bonds. The molecule has 4 nitrogen and oxygen atoms in total. The largest absolute Gasteiger partial charge is 0.478 e. The molecule has 2 aliphatic carbocycles. The predicted molar refractivity (Wildman–Crippen MR) is 74.0 cm³/mol. The summed E-state index contributed by atoms with van der Waals surface area (Å²) in [4.78, 5) is 11.3. The highest BCUT2D eigenvalue weighted by Crippen LogP contribution is 2.45. The lowest BCUT2D eigenvalue weighted by molar-refractivity contribution is -0.147. The summed E-state index contributed by atoms with van der Waals surface area (Å²) < 4.78 is 5.85. The topological polar surface area (TPSA) is 66.8 Å². The molecule has 20 heavy (non-hydrogen) atoms. The van der Waals surface area contributed by atoms with Crippen molar-refractivity contribution in [3.8, 4) is 5.75 Å². The normalized spacial score (nSPS) is 27.3. The van der Waals surface area contributed by atoms with Crippen LogP contribution in [0.15, 0.2) is 18.2 Å². The number of hydrogen-bond acceptors (Lipinski definition) is 3. The number of aryl methyl sites for hydroxylation is 1. The smallest absolute Gasteiger partial charge is 0.348 e. The van der Waals surface area contributed by atoms with E-state index >= 15 is 0 Å². The minimum absolute atomic E-state index is 0.247. The fourth-order valence-electron chi connectivity index (χ4n) is 2.99. The average molecular weight is 276 g/mol. The summed E-state index contributed by atoms with van der Waals surface area (Å²) in [6.45, 7) is 1.97. The molecule has 0 saturated heterocycles. The highest BCUT2D eigenvalue weighted by Gasteiger charge is 2.53. The van der Waals surface area contributed by atoms with Crippen LogP contribution in [-0.2, 0) is 4.79 Å². The Morgan fingerprint density at radius 2 is 2.10 bits per heavy atom. The maximum absolute atomic E-state index is 11.3. The molecule has 2 aliphatic rings. The zero-order chi connectivity index (χ0) is 14.3.